The highest BCUT2D eigenvalue weighted by Gasteiger charge is 2.48. The maximum atomic E-state index is 11.2. The van der Waals surface area contributed by atoms with E-state index in [4.69, 9.17) is 9.47 Å². The summed E-state index contributed by atoms with van der Waals surface area (Å²) >= 11 is 0. The summed E-state index contributed by atoms with van der Waals surface area (Å²) in [6.07, 6.45) is 32.2. The van der Waals surface area contributed by atoms with Crippen molar-refractivity contribution in [3.05, 3.63) is 36.3 Å². The number of nitrogens with zero attached hydrogens (tertiary/aromatic N) is 2. The Morgan fingerprint density at radius 2 is 1.25 bits per heavy atom. The lowest BCUT2D eigenvalue weighted by molar-refractivity contribution is -0.564. The fourth-order valence-corrected chi connectivity index (χ4v) is 11.5. The Morgan fingerprint density at radius 3 is 1.90 bits per heavy atom. The average molecular weight is 750 g/mol. The van der Waals surface area contributed by atoms with Crippen LogP contribution < -0.4 is 0 Å². The van der Waals surface area contributed by atoms with Crippen LogP contribution in [-0.2, 0) is 29.7 Å². The Balaban J connectivity index is 1.13. The highest BCUT2D eigenvalue weighted by atomic mass is 32.2. The van der Waals surface area contributed by atoms with E-state index in [1.54, 1.807) is 0 Å². The topological polar surface area (TPSA) is 139 Å². The molecule has 2 aliphatic heterocycles. The Kier molecular flexibility index (Phi) is 13.7. The van der Waals surface area contributed by atoms with Crippen molar-refractivity contribution < 1.29 is 40.0 Å². The lowest BCUT2D eigenvalue weighted by Crippen LogP contribution is -2.42. The number of ether oxygens (including phenoxy) is 2. The zero-order valence-corrected chi connectivity index (χ0v) is 32.1. The van der Waals surface area contributed by atoms with E-state index >= 15 is 0 Å². The number of allylic oxidation sites excluding steroid dienone is 4. The van der Waals surface area contributed by atoms with Gasteiger partial charge in [0.2, 0.25) is 0 Å². The van der Waals surface area contributed by atoms with Crippen LogP contribution in [0.3, 0.4) is 0 Å². The summed E-state index contributed by atoms with van der Waals surface area (Å²) in [6.45, 7) is 1.34. The number of fused-ring (bicyclic) bond motifs is 2. The van der Waals surface area contributed by atoms with Crippen LogP contribution in [0.1, 0.15) is 128 Å². The van der Waals surface area contributed by atoms with Crippen molar-refractivity contribution in [1.82, 2.24) is 4.90 Å². The molecule has 0 aromatic heterocycles. The van der Waals surface area contributed by atoms with Crippen molar-refractivity contribution in [1.29, 1.82) is 0 Å². The van der Waals surface area contributed by atoms with Gasteiger partial charge in [0.15, 0.2) is 18.0 Å². The molecule has 12 heteroatoms. The van der Waals surface area contributed by atoms with Gasteiger partial charge in [0.05, 0.1) is 26.3 Å². The van der Waals surface area contributed by atoms with Crippen molar-refractivity contribution in [3.8, 4) is 0 Å². The monoisotopic (exact) mass is 749 g/mol. The van der Waals surface area contributed by atoms with Gasteiger partial charge in [-0.2, -0.15) is 4.58 Å². The average Bonchev–Trinajstić information content (AvgIpc) is 3.64. The van der Waals surface area contributed by atoms with E-state index in [0.717, 1.165) is 49.3 Å². The largest absolute Gasteiger partial charge is 0.748 e. The summed E-state index contributed by atoms with van der Waals surface area (Å²) in [7, 11) is -8.45. The van der Waals surface area contributed by atoms with Crippen LogP contribution in [-0.4, -0.2) is 90.2 Å². The second-order valence-electron chi connectivity index (χ2n) is 16.3. The molecule has 4 aliphatic carbocycles. The van der Waals surface area contributed by atoms with Crippen molar-refractivity contribution >= 4 is 26.1 Å². The van der Waals surface area contributed by atoms with Gasteiger partial charge in [-0.25, -0.2) is 16.8 Å². The summed E-state index contributed by atoms with van der Waals surface area (Å²) in [6, 6.07) is 0.552. The van der Waals surface area contributed by atoms with Crippen LogP contribution in [0.15, 0.2) is 36.3 Å². The summed E-state index contributed by atoms with van der Waals surface area (Å²) in [4.78, 5) is 2.33. The quantitative estimate of drug-likeness (QED) is 0.0785. The van der Waals surface area contributed by atoms with Gasteiger partial charge in [0.25, 0.3) is 0 Å². The Hall–Kier alpha value is -1.89. The van der Waals surface area contributed by atoms with E-state index in [1.165, 1.54) is 77.0 Å². The van der Waals surface area contributed by atoms with E-state index in [1.807, 2.05) is 30.4 Å². The third kappa shape index (κ3) is 11.1. The van der Waals surface area contributed by atoms with Crippen LogP contribution in [0.25, 0.3) is 0 Å². The van der Waals surface area contributed by atoms with Crippen LogP contribution in [0.2, 0.25) is 0 Å². The van der Waals surface area contributed by atoms with Gasteiger partial charge in [0, 0.05) is 37.0 Å². The molecule has 0 spiro atoms. The zero-order chi connectivity index (χ0) is 35.8. The third-order valence-electron chi connectivity index (χ3n) is 12.9. The molecule has 0 N–H and O–H groups in total. The second kappa shape index (κ2) is 18.0. The smallest absolute Gasteiger partial charge is 0.363 e. The molecule has 6 rings (SSSR count). The molecular formula is C39H61N2O8S2-. The van der Waals surface area contributed by atoms with Gasteiger partial charge in [-0.3, -0.25) is 0 Å². The van der Waals surface area contributed by atoms with E-state index in [-0.39, 0.29) is 35.8 Å². The molecule has 10 nitrogen and oxygen atoms in total. The van der Waals surface area contributed by atoms with Gasteiger partial charge in [-0.1, -0.05) is 82.4 Å². The maximum absolute atomic E-state index is 11.2. The molecule has 288 valence electrons. The minimum atomic E-state index is -4.23. The van der Waals surface area contributed by atoms with Crippen LogP contribution in [0, 0.1) is 23.7 Å². The molecule has 0 radical (unpaired) electrons. The molecule has 6 unspecified atom stereocenters. The standard InChI is InChI=1S/C39H62N2O8S2/c42-50(43,44)26-12-10-24-40-34-28-32(30-14-4-1-5-15-30)20-22-36(34)48-38(40)18-8-3-9-19-39-41(25-11-13-27-51(45,46)47)35-29-33(21-23-37(35)49-39)31-16-6-2-7-17-31/h3,8-9,18-19,30-37H,1-2,4-7,10-17,20-29H2,(H-,42,43,44,45,46,47)/p-1. The predicted octanol–water partition coefficient (Wildman–Crippen LogP) is 6.60. The van der Waals surface area contributed by atoms with E-state index < -0.39 is 20.2 Å². The fourth-order valence-electron chi connectivity index (χ4n) is 10.4. The van der Waals surface area contributed by atoms with Crippen LogP contribution >= 0.6 is 0 Å². The molecule has 0 aromatic carbocycles. The maximum Gasteiger partial charge on any atom is 0.363 e. The first-order chi connectivity index (χ1) is 24.5. The van der Waals surface area contributed by atoms with Crippen LogP contribution in [0.5, 0.6) is 0 Å². The molecule has 2 heterocycles. The van der Waals surface area contributed by atoms with Gasteiger partial charge in [0.1, 0.15) is 12.6 Å². The van der Waals surface area contributed by atoms with Gasteiger partial charge >= 0.3 is 5.90 Å². The number of hydrogen-bond donors (Lipinski definition) is 0. The first kappa shape index (κ1) is 38.8. The van der Waals surface area contributed by atoms with E-state index in [0.29, 0.717) is 50.6 Å². The lowest BCUT2D eigenvalue weighted by Gasteiger charge is -2.39. The summed E-state index contributed by atoms with van der Waals surface area (Å²) < 4.78 is 82.9. The number of unbranched alkanes of at least 4 members (excludes halogenated alkanes) is 2. The zero-order valence-electron chi connectivity index (χ0n) is 30.5. The van der Waals surface area contributed by atoms with Gasteiger partial charge in [-0.15, -0.1) is 0 Å². The normalized spacial score (nSPS) is 32.1. The first-order valence-electron chi connectivity index (χ1n) is 20.2. The van der Waals surface area contributed by atoms with Crippen molar-refractivity contribution in [3.63, 3.8) is 0 Å². The van der Waals surface area contributed by atoms with Crippen LogP contribution in [0.4, 0.5) is 0 Å². The Morgan fingerprint density at radius 1 is 0.647 bits per heavy atom. The molecule has 6 atom stereocenters. The minimum Gasteiger partial charge on any atom is -0.748 e. The lowest BCUT2D eigenvalue weighted by atomic mass is 9.71. The minimum absolute atomic E-state index is 0.136. The Bertz CT molecular complexity index is 1490. The number of hydrogen-bond acceptors (Lipinski definition) is 9. The SMILES string of the molecule is O=S(=O)([O-])CCCCN1C(=CC=CC=CC2=[N+](CCCCS(=O)(=O)[O-])C3CC(C4CCCCC4)CCC3O2)OC2CCC(C3CCCCC3)CC21. The molecule has 1 saturated heterocycles. The van der Waals surface area contributed by atoms with Crippen molar-refractivity contribution in [2.24, 2.45) is 23.7 Å². The highest BCUT2D eigenvalue weighted by Crippen LogP contribution is 2.45. The fraction of sp³-hybridized carbons (Fsp3) is 0.821. The molecular weight excluding hydrogens is 689 g/mol. The highest BCUT2D eigenvalue weighted by molar-refractivity contribution is 7.85. The summed E-state index contributed by atoms with van der Waals surface area (Å²) in [5.74, 6) is 3.98. The first-order valence-corrected chi connectivity index (χ1v) is 23.4. The molecule has 51 heavy (non-hydrogen) atoms. The van der Waals surface area contributed by atoms with E-state index in [2.05, 4.69) is 9.48 Å². The molecule has 6 aliphatic rings. The summed E-state index contributed by atoms with van der Waals surface area (Å²) in [5, 5.41) is 0. The molecule has 0 bridgehead atoms. The predicted molar refractivity (Wildman–Crippen MR) is 196 cm³/mol. The van der Waals surface area contributed by atoms with E-state index in [9.17, 15) is 25.9 Å². The number of rotatable bonds is 15. The third-order valence-corrected chi connectivity index (χ3v) is 14.5. The molecule has 0 amide bonds. The second-order valence-corrected chi connectivity index (χ2v) is 19.3. The van der Waals surface area contributed by atoms with Gasteiger partial charge in [-0.05, 0) is 81.1 Å². The van der Waals surface area contributed by atoms with Crippen molar-refractivity contribution in [2.75, 3.05) is 24.6 Å². The van der Waals surface area contributed by atoms with Gasteiger partial charge < -0.3 is 23.5 Å². The molecule has 5 fully saturated rings. The Labute approximate surface area is 307 Å². The van der Waals surface area contributed by atoms with Crippen molar-refractivity contribution in [2.45, 2.75) is 153 Å². The summed E-state index contributed by atoms with van der Waals surface area (Å²) in [5.41, 5.74) is 0. The molecule has 4 saturated carbocycles. The molecule has 0 aromatic rings.